The Morgan fingerprint density at radius 3 is 2.69 bits per heavy atom. The molecule has 0 spiro atoms. The SMILES string of the molecule is CN=CN=C(C)N(C)Cc1ccccc1C. The van der Waals surface area contributed by atoms with Crippen molar-refractivity contribution in [3.8, 4) is 0 Å². The van der Waals surface area contributed by atoms with Crippen LogP contribution in [0.15, 0.2) is 34.3 Å². The molecule has 0 heterocycles. The van der Waals surface area contributed by atoms with E-state index in [4.69, 9.17) is 0 Å². The molecule has 0 bridgehead atoms. The second kappa shape index (κ2) is 6.05. The molecule has 0 saturated carbocycles. The van der Waals surface area contributed by atoms with Gasteiger partial charge in [0.1, 0.15) is 12.2 Å². The minimum atomic E-state index is 0.875. The van der Waals surface area contributed by atoms with Gasteiger partial charge in [0.25, 0.3) is 0 Å². The Kier molecular flexibility index (Phi) is 4.70. The van der Waals surface area contributed by atoms with Crippen LogP contribution in [0.5, 0.6) is 0 Å². The van der Waals surface area contributed by atoms with E-state index in [0.29, 0.717) is 0 Å². The Labute approximate surface area is 97.5 Å². The van der Waals surface area contributed by atoms with E-state index in [9.17, 15) is 0 Å². The number of nitrogens with zero attached hydrogens (tertiary/aromatic N) is 3. The first-order valence-corrected chi connectivity index (χ1v) is 5.36. The third kappa shape index (κ3) is 3.50. The fourth-order valence-corrected chi connectivity index (χ4v) is 1.40. The first-order valence-electron chi connectivity index (χ1n) is 5.36. The second-order valence-corrected chi connectivity index (χ2v) is 3.83. The van der Waals surface area contributed by atoms with Crippen molar-refractivity contribution >= 4 is 12.2 Å². The maximum absolute atomic E-state index is 4.22. The lowest BCUT2D eigenvalue weighted by Crippen LogP contribution is -2.24. The number of benzene rings is 1. The number of aliphatic imine (C=N–C) groups is 2. The summed E-state index contributed by atoms with van der Waals surface area (Å²) in [6.07, 6.45) is 1.57. The minimum absolute atomic E-state index is 0.875. The molecular formula is C13H19N3. The lowest BCUT2D eigenvalue weighted by Gasteiger charge is -2.19. The van der Waals surface area contributed by atoms with Crippen LogP contribution in [0, 0.1) is 6.92 Å². The number of amidine groups is 1. The van der Waals surface area contributed by atoms with Gasteiger partial charge in [0.15, 0.2) is 0 Å². The van der Waals surface area contributed by atoms with Crippen molar-refractivity contribution in [3.05, 3.63) is 35.4 Å². The summed E-state index contributed by atoms with van der Waals surface area (Å²) in [7, 11) is 3.76. The Morgan fingerprint density at radius 1 is 1.38 bits per heavy atom. The number of aryl methyl sites for hydroxylation is 1. The summed E-state index contributed by atoms with van der Waals surface area (Å²) in [5, 5.41) is 0. The smallest absolute Gasteiger partial charge is 0.111 e. The van der Waals surface area contributed by atoms with Crippen molar-refractivity contribution in [2.24, 2.45) is 9.98 Å². The summed E-state index contributed by atoms with van der Waals surface area (Å²) in [6.45, 7) is 4.99. The van der Waals surface area contributed by atoms with E-state index in [1.54, 1.807) is 13.4 Å². The van der Waals surface area contributed by atoms with Crippen molar-refractivity contribution in [2.75, 3.05) is 14.1 Å². The molecule has 1 rings (SSSR count). The van der Waals surface area contributed by atoms with Crippen LogP contribution in [0.3, 0.4) is 0 Å². The van der Waals surface area contributed by atoms with Gasteiger partial charge in [-0.3, -0.25) is 4.99 Å². The Balaban J connectivity index is 2.71. The van der Waals surface area contributed by atoms with Gasteiger partial charge in [-0.15, -0.1) is 0 Å². The number of hydrogen-bond donors (Lipinski definition) is 0. The van der Waals surface area contributed by atoms with Crippen LogP contribution in [0.25, 0.3) is 0 Å². The van der Waals surface area contributed by atoms with Crippen molar-refractivity contribution in [1.29, 1.82) is 0 Å². The third-order valence-electron chi connectivity index (χ3n) is 2.58. The molecule has 0 aliphatic heterocycles. The molecule has 0 aliphatic rings. The monoisotopic (exact) mass is 217 g/mol. The highest BCUT2D eigenvalue weighted by Gasteiger charge is 2.03. The summed E-state index contributed by atoms with van der Waals surface area (Å²) in [6, 6.07) is 8.40. The van der Waals surface area contributed by atoms with E-state index >= 15 is 0 Å². The number of hydrogen-bond acceptors (Lipinski definition) is 1. The van der Waals surface area contributed by atoms with Gasteiger partial charge in [-0.1, -0.05) is 24.3 Å². The van der Waals surface area contributed by atoms with E-state index in [2.05, 4.69) is 46.1 Å². The molecule has 1 aromatic rings. The lowest BCUT2D eigenvalue weighted by atomic mass is 10.1. The molecule has 0 amide bonds. The molecule has 0 fully saturated rings. The fourth-order valence-electron chi connectivity index (χ4n) is 1.40. The topological polar surface area (TPSA) is 28.0 Å². The summed E-state index contributed by atoms with van der Waals surface area (Å²) >= 11 is 0. The van der Waals surface area contributed by atoms with Gasteiger partial charge in [0.2, 0.25) is 0 Å². The highest BCUT2D eigenvalue weighted by Crippen LogP contribution is 2.09. The number of rotatable bonds is 3. The van der Waals surface area contributed by atoms with Crippen molar-refractivity contribution in [3.63, 3.8) is 0 Å². The van der Waals surface area contributed by atoms with Gasteiger partial charge in [0.05, 0.1) is 0 Å². The molecule has 0 unspecified atom stereocenters. The molecule has 0 aliphatic carbocycles. The standard InChI is InChI=1S/C13H19N3/c1-11-7-5-6-8-13(11)9-16(4)12(2)15-10-14-3/h5-8,10H,9H2,1-4H3. The van der Waals surface area contributed by atoms with Gasteiger partial charge >= 0.3 is 0 Å². The van der Waals surface area contributed by atoms with Crippen LogP contribution in [-0.2, 0) is 6.54 Å². The van der Waals surface area contributed by atoms with Gasteiger partial charge < -0.3 is 4.90 Å². The van der Waals surface area contributed by atoms with Gasteiger partial charge in [-0.05, 0) is 25.0 Å². The quantitative estimate of drug-likeness (QED) is 0.564. The van der Waals surface area contributed by atoms with Crippen molar-refractivity contribution < 1.29 is 0 Å². The average molecular weight is 217 g/mol. The van der Waals surface area contributed by atoms with E-state index in [1.165, 1.54) is 11.1 Å². The molecule has 1 aromatic carbocycles. The molecule has 3 heteroatoms. The van der Waals surface area contributed by atoms with Gasteiger partial charge in [-0.2, -0.15) is 0 Å². The summed E-state index contributed by atoms with van der Waals surface area (Å²) < 4.78 is 0. The molecule has 0 radical (unpaired) electrons. The second-order valence-electron chi connectivity index (χ2n) is 3.83. The molecule has 16 heavy (non-hydrogen) atoms. The lowest BCUT2D eigenvalue weighted by molar-refractivity contribution is 0.497. The van der Waals surface area contributed by atoms with Crippen LogP contribution >= 0.6 is 0 Å². The zero-order chi connectivity index (χ0) is 12.0. The van der Waals surface area contributed by atoms with Crippen molar-refractivity contribution in [1.82, 2.24) is 4.90 Å². The van der Waals surface area contributed by atoms with Gasteiger partial charge in [0, 0.05) is 20.6 Å². The first-order chi connectivity index (χ1) is 7.65. The molecular weight excluding hydrogens is 198 g/mol. The highest BCUT2D eigenvalue weighted by atomic mass is 15.2. The van der Waals surface area contributed by atoms with E-state index in [-0.39, 0.29) is 0 Å². The van der Waals surface area contributed by atoms with Crippen LogP contribution in [0.4, 0.5) is 0 Å². The fraction of sp³-hybridized carbons (Fsp3) is 0.385. The largest absolute Gasteiger partial charge is 0.359 e. The predicted octanol–water partition coefficient (Wildman–Crippen LogP) is 2.50. The summed E-state index contributed by atoms with van der Waals surface area (Å²) in [5.41, 5.74) is 2.64. The van der Waals surface area contributed by atoms with Crippen LogP contribution < -0.4 is 0 Å². The molecule has 0 N–H and O–H groups in total. The Bertz CT molecular complexity index is 394. The summed E-state index contributed by atoms with van der Waals surface area (Å²) in [4.78, 5) is 10.2. The molecule has 0 aromatic heterocycles. The third-order valence-corrected chi connectivity index (χ3v) is 2.58. The van der Waals surface area contributed by atoms with Crippen molar-refractivity contribution in [2.45, 2.75) is 20.4 Å². The molecule has 86 valence electrons. The maximum atomic E-state index is 4.22. The van der Waals surface area contributed by atoms with Gasteiger partial charge in [-0.25, -0.2) is 4.99 Å². The zero-order valence-electron chi connectivity index (χ0n) is 10.4. The van der Waals surface area contributed by atoms with Crippen LogP contribution in [0.2, 0.25) is 0 Å². The first kappa shape index (κ1) is 12.4. The Morgan fingerprint density at radius 2 is 2.06 bits per heavy atom. The molecule has 0 atom stereocenters. The highest BCUT2D eigenvalue weighted by molar-refractivity contribution is 5.86. The predicted molar refractivity (Wildman–Crippen MR) is 70.2 cm³/mol. The normalized spacial score (nSPS) is 12.1. The Hall–Kier alpha value is -1.64. The molecule has 3 nitrogen and oxygen atoms in total. The van der Waals surface area contributed by atoms with Crippen LogP contribution in [0.1, 0.15) is 18.1 Å². The zero-order valence-corrected chi connectivity index (χ0v) is 10.4. The van der Waals surface area contributed by atoms with E-state index in [0.717, 1.165) is 12.4 Å². The summed E-state index contributed by atoms with van der Waals surface area (Å²) in [5.74, 6) is 0.967. The average Bonchev–Trinajstić information content (AvgIpc) is 2.28. The minimum Gasteiger partial charge on any atom is -0.359 e. The van der Waals surface area contributed by atoms with E-state index in [1.807, 2.05) is 14.0 Å². The molecule has 0 saturated heterocycles. The van der Waals surface area contributed by atoms with E-state index < -0.39 is 0 Å². The van der Waals surface area contributed by atoms with Crippen LogP contribution in [-0.4, -0.2) is 31.2 Å². The maximum Gasteiger partial charge on any atom is 0.111 e.